The number of nitrogens with one attached hydrogen (secondary N) is 2. The van der Waals surface area contributed by atoms with Crippen LogP contribution in [-0.2, 0) is 10.0 Å². The molecule has 1 aromatic rings. The summed E-state index contributed by atoms with van der Waals surface area (Å²) in [6.07, 6.45) is 0. The van der Waals surface area contributed by atoms with Gasteiger partial charge in [-0.2, -0.15) is 0 Å². The molecule has 0 bridgehead atoms. The van der Waals surface area contributed by atoms with Crippen molar-refractivity contribution in [3.8, 4) is 5.75 Å². The molecule has 5 nitrogen and oxygen atoms in total. The van der Waals surface area contributed by atoms with Crippen LogP contribution < -0.4 is 14.8 Å². The van der Waals surface area contributed by atoms with Crippen molar-refractivity contribution >= 4 is 15.7 Å². The van der Waals surface area contributed by atoms with Crippen molar-refractivity contribution in [1.82, 2.24) is 4.72 Å². The molecule has 6 heteroatoms. The van der Waals surface area contributed by atoms with Crippen LogP contribution in [0.15, 0.2) is 23.1 Å². The van der Waals surface area contributed by atoms with Crippen molar-refractivity contribution in [2.24, 2.45) is 0 Å². The minimum absolute atomic E-state index is 0.124. The summed E-state index contributed by atoms with van der Waals surface area (Å²) >= 11 is 0. The van der Waals surface area contributed by atoms with Crippen molar-refractivity contribution in [3.63, 3.8) is 0 Å². The van der Waals surface area contributed by atoms with E-state index in [1.165, 1.54) is 20.2 Å². The maximum atomic E-state index is 11.6. The third-order valence-electron chi connectivity index (χ3n) is 2.01. The molecular weight excluding hydrogens is 216 g/mol. The lowest BCUT2D eigenvalue weighted by Crippen LogP contribution is -2.19. The summed E-state index contributed by atoms with van der Waals surface area (Å²) in [4.78, 5) is 0.124. The third-order valence-corrected chi connectivity index (χ3v) is 3.45. The molecule has 0 aliphatic heterocycles. The number of hydrogen-bond donors (Lipinski definition) is 2. The van der Waals surface area contributed by atoms with Crippen LogP contribution in [0, 0.1) is 0 Å². The molecule has 0 aliphatic rings. The highest BCUT2D eigenvalue weighted by molar-refractivity contribution is 7.89. The summed E-state index contributed by atoms with van der Waals surface area (Å²) in [6.45, 7) is 0. The highest BCUT2D eigenvalue weighted by Gasteiger charge is 2.17. The first-order valence-electron chi connectivity index (χ1n) is 4.34. The van der Waals surface area contributed by atoms with Crippen molar-refractivity contribution in [1.29, 1.82) is 0 Å². The lowest BCUT2D eigenvalue weighted by atomic mass is 10.3. The lowest BCUT2D eigenvalue weighted by Gasteiger charge is -2.10. The zero-order valence-electron chi connectivity index (χ0n) is 8.87. The molecule has 84 valence electrons. The first-order valence-corrected chi connectivity index (χ1v) is 5.83. The molecule has 0 spiro atoms. The fraction of sp³-hybridized carbons (Fsp3) is 0.333. The van der Waals surface area contributed by atoms with Gasteiger partial charge in [-0.05, 0) is 25.2 Å². The molecule has 0 heterocycles. The number of ether oxygens (including phenoxy) is 1. The van der Waals surface area contributed by atoms with E-state index in [2.05, 4.69) is 10.0 Å². The van der Waals surface area contributed by atoms with Crippen LogP contribution in [0.5, 0.6) is 5.75 Å². The van der Waals surface area contributed by atoms with E-state index in [9.17, 15) is 8.42 Å². The van der Waals surface area contributed by atoms with Crippen LogP contribution in [0.25, 0.3) is 0 Å². The Labute approximate surface area is 89.5 Å². The van der Waals surface area contributed by atoms with Crippen LogP contribution in [0.4, 0.5) is 5.69 Å². The summed E-state index contributed by atoms with van der Waals surface area (Å²) in [6, 6.07) is 4.87. The Hall–Kier alpha value is -1.27. The lowest BCUT2D eigenvalue weighted by molar-refractivity contribution is 0.402. The Morgan fingerprint density at radius 1 is 1.27 bits per heavy atom. The van der Waals surface area contributed by atoms with Gasteiger partial charge in [0.05, 0.1) is 7.11 Å². The summed E-state index contributed by atoms with van der Waals surface area (Å²) in [5.41, 5.74) is 0.713. The largest absolute Gasteiger partial charge is 0.495 e. The first kappa shape index (κ1) is 11.8. The molecule has 0 unspecified atom stereocenters. The highest BCUT2D eigenvalue weighted by Crippen LogP contribution is 2.26. The van der Waals surface area contributed by atoms with Gasteiger partial charge in [0.1, 0.15) is 10.6 Å². The zero-order valence-corrected chi connectivity index (χ0v) is 9.68. The summed E-state index contributed by atoms with van der Waals surface area (Å²) in [5.74, 6) is 0.323. The fourth-order valence-electron chi connectivity index (χ4n) is 1.15. The molecular formula is C9H14N2O3S. The Morgan fingerprint density at radius 3 is 2.40 bits per heavy atom. The third kappa shape index (κ3) is 2.40. The van der Waals surface area contributed by atoms with Crippen molar-refractivity contribution in [2.45, 2.75) is 4.90 Å². The van der Waals surface area contributed by atoms with Gasteiger partial charge < -0.3 is 10.1 Å². The van der Waals surface area contributed by atoms with Crippen LogP contribution in [0.3, 0.4) is 0 Å². The van der Waals surface area contributed by atoms with Crippen molar-refractivity contribution in [3.05, 3.63) is 18.2 Å². The van der Waals surface area contributed by atoms with E-state index < -0.39 is 10.0 Å². The van der Waals surface area contributed by atoms with Crippen molar-refractivity contribution in [2.75, 3.05) is 26.5 Å². The van der Waals surface area contributed by atoms with Gasteiger partial charge in [0.2, 0.25) is 10.0 Å². The van der Waals surface area contributed by atoms with E-state index in [0.29, 0.717) is 11.4 Å². The van der Waals surface area contributed by atoms with Crippen LogP contribution in [0.2, 0.25) is 0 Å². The average molecular weight is 230 g/mol. The van der Waals surface area contributed by atoms with E-state index in [4.69, 9.17) is 4.74 Å². The van der Waals surface area contributed by atoms with Gasteiger partial charge in [-0.15, -0.1) is 0 Å². The average Bonchev–Trinajstić information content (AvgIpc) is 2.28. The van der Waals surface area contributed by atoms with Crippen LogP contribution in [0.1, 0.15) is 0 Å². The summed E-state index contributed by atoms with van der Waals surface area (Å²) < 4.78 is 30.5. The van der Waals surface area contributed by atoms with E-state index in [0.717, 1.165) is 0 Å². The Balaban J connectivity index is 3.36. The normalized spacial score (nSPS) is 11.1. The summed E-state index contributed by atoms with van der Waals surface area (Å²) in [7, 11) is 1.03. The topological polar surface area (TPSA) is 67.4 Å². The molecule has 1 aromatic carbocycles. The first-order chi connectivity index (χ1) is 7.05. The molecule has 0 saturated heterocycles. The number of anilines is 1. The van der Waals surface area contributed by atoms with E-state index in [-0.39, 0.29) is 4.90 Å². The Bertz CT molecular complexity index is 443. The Kier molecular flexibility index (Phi) is 3.54. The SMILES string of the molecule is CNc1ccc(OC)c(S(=O)(=O)NC)c1. The minimum atomic E-state index is -3.49. The van der Waals surface area contributed by atoms with Gasteiger partial charge in [-0.1, -0.05) is 0 Å². The molecule has 2 N–H and O–H groups in total. The van der Waals surface area contributed by atoms with Crippen LogP contribution in [-0.4, -0.2) is 29.6 Å². The van der Waals surface area contributed by atoms with E-state index in [1.807, 2.05) is 0 Å². The molecule has 0 saturated carbocycles. The van der Waals surface area contributed by atoms with Gasteiger partial charge >= 0.3 is 0 Å². The second kappa shape index (κ2) is 4.50. The predicted molar refractivity (Wildman–Crippen MR) is 58.8 cm³/mol. The van der Waals surface area contributed by atoms with Gasteiger partial charge in [0, 0.05) is 12.7 Å². The molecule has 0 aliphatic carbocycles. The highest BCUT2D eigenvalue weighted by atomic mass is 32.2. The number of methoxy groups -OCH3 is 1. The molecule has 1 rings (SSSR count). The second-order valence-electron chi connectivity index (χ2n) is 2.82. The van der Waals surface area contributed by atoms with Gasteiger partial charge in [0.15, 0.2) is 0 Å². The van der Waals surface area contributed by atoms with Gasteiger partial charge in [0.25, 0.3) is 0 Å². The number of benzene rings is 1. The molecule has 0 atom stereocenters. The monoisotopic (exact) mass is 230 g/mol. The number of hydrogen-bond acceptors (Lipinski definition) is 4. The standard InChI is InChI=1S/C9H14N2O3S/c1-10-7-4-5-8(14-3)9(6-7)15(12,13)11-2/h4-6,10-11H,1-3H3. The smallest absolute Gasteiger partial charge is 0.244 e. The molecule has 0 aromatic heterocycles. The van der Waals surface area contributed by atoms with Gasteiger partial charge in [-0.25, -0.2) is 13.1 Å². The molecule has 0 amide bonds. The predicted octanol–water partition coefficient (Wildman–Crippen LogP) is 0.645. The van der Waals surface area contributed by atoms with E-state index >= 15 is 0 Å². The fourth-order valence-corrected chi connectivity index (χ4v) is 2.07. The van der Waals surface area contributed by atoms with Gasteiger partial charge in [-0.3, -0.25) is 0 Å². The molecule has 0 radical (unpaired) electrons. The summed E-state index contributed by atoms with van der Waals surface area (Å²) in [5, 5.41) is 2.87. The minimum Gasteiger partial charge on any atom is -0.495 e. The maximum absolute atomic E-state index is 11.6. The maximum Gasteiger partial charge on any atom is 0.244 e. The zero-order chi connectivity index (χ0) is 11.5. The van der Waals surface area contributed by atoms with E-state index in [1.54, 1.807) is 19.2 Å². The molecule has 15 heavy (non-hydrogen) atoms. The van der Waals surface area contributed by atoms with Crippen molar-refractivity contribution < 1.29 is 13.2 Å². The number of rotatable bonds is 4. The Morgan fingerprint density at radius 2 is 1.93 bits per heavy atom. The second-order valence-corrected chi connectivity index (χ2v) is 4.68. The quantitative estimate of drug-likeness (QED) is 0.796. The molecule has 0 fully saturated rings. The van der Waals surface area contributed by atoms with Crippen LogP contribution >= 0.6 is 0 Å². The number of sulfonamides is 1.